The number of hydrogen-bond donors (Lipinski definition) is 0. The number of carbonyl (C=O) groups excluding carboxylic acids is 1. The third kappa shape index (κ3) is 4.20. The van der Waals surface area contributed by atoms with E-state index in [9.17, 15) is 4.79 Å². The number of isothiocyanates is 1. The minimum absolute atomic E-state index is 0.185. The number of anilines is 1. The van der Waals surface area contributed by atoms with Gasteiger partial charge >= 0.3 is 6.09 Å². The molecule has 2 saturated heterocycles. The fourth-order valence-electron chi connectivity index (χ4n) is 3.57. The Hall–Kier alpha value is -1.91. The van der Waals surface area contributed by atoms with Crippen LogP contribution in [0, 0.1) is 5.41 Å². The average Bonchev–Trinajstić information content (AvgIpc) is 2.52. The molecule has 1 spiro atoms. The van der Waals surface area contributed by atoms with E-state index in [-0.39, 0.29) is 11.5 Å². The van der Waals surface area contributed by atoms with Crippen molar-refractivity contribution in [2.75, 3.05) is 31.1 Å². The van der Waals surface area contributed by atoms with Gasteiger partial charge in [0.1, 0.15) is 5.60 Å². The van der Waals surface area contributed by atoms with E-state index in [0.717, 1.165) is 44.7 Å². The number of hydrogen-bond acceptors (Lipinski definition) is 5. The van der Waals surface area contributed by atoms with Crippen LogP contribution >= 0.6 is 12.2 Å². The van der Waals surface area contributed by atoms with Crippen LogP contribution in [0.25, 0.3) is 0 Å². The monoisotopic (exact) mass is 359 g/mol. The molecule has 1 aromatic carbocycles. The highest BCUT2D eigenvalue weighted by atomic mass is 32.1. The van der Waals surface area contributed by atoms with Gasteiger partial charge in [-0.2, -0.15) is 4.99 Å². The maximum absolute atomic E-state index is 12.1. The number of benzene rings is 1. The zero-order valence-corrected chi connectivity index (χ0v) is 15.9. The molecule has 0 saturated carbocycles. The SMILES string of the molecule is CC(C)(C)OC(=O)N1CC2(CCN(c3ccc(N=C=S)cc3)CC2)C1. The lowest BCUT2D eigenvalue weighted by atomic mass is 9.72. The van der Waals surface area contributed by atoms with Crippen LogP contribution in [0.2, 0.25) is 0 Å². The molecule has 1 aromatic rings. The summed E-state index contributed by atoms with van der Waals surface area (Å²) < 4.78 is 5.45. The summed E-state index contributed by atoms with van der Waals surface area (Å²) in [4.78, 5) is 20.3. The van der Waals surface area contributed by atoms with Gasteiger partial charge in [0, 0.05) is 37.3 Å². The number of nitrogens with zero attached hydrogens (tertiary/aromatic N) is 3. The van der Waals surface area contributed by atoms with Gasteiger partial charge in [0.05, 0.1) is 10.8 Å². The number of likely N-dealkylation sites (tertiary alicyclic amines) is 1. The third-order valence-corrected chi connectivity index (χ3v) is 5.01. The molecule has 2 aliphatic rings. The molecule has 1 amide bonds. The van der Waals surface area contributed by atoms with Crippen LogP contribution in [0.5, 0.6) is 0 Å². The van der Waals surface area contributed by atoms with Crippen LogP contribution in [0.4, 0.5) is 16.2 Å². The average molecular weight is 359 g/mol. The first-order valence-electron chi connectivity index (χ1n) is 8.71. The highest BCUT2D eigenvalue weighted by Crippen LogP contribution is 2.42. The summed E-state index contributed by atoms with van der Waals surface area (Å²) >= 11 is 4.63. The zero-order valence-electron chi connectivity index (χ0n) is 15.1. The number of ether oxygens (including phenoxy) is 1. The van der Waals surface area contributed by atoms with Gasteiger partial charge in [-0.3, -0.25) is 0 Å². The molecular weight excluding hydrogens is 334 g/mol. The van der Waals surface area contributed by atoms with E-state index in [2.05, 4.69) is 39.4 Å². The second-order valence-electron chi connectivity index (χ2n) is 8.04. The van der Waals surface area contributed by atoms with Gasteiger partial charge in [-0.05, 0) is 70.1 Å². The number of aliphatic imine (C=N–C) groups is 1. The summed E-state index contributed by atoms with van der Waals surface area (Å²) in [5, 5.41) is 2.39. The predicted molar refractivity (Wildman–Crippen MR) is 103 cm³/mol. The summed E-state index contributed by atoms with van der Waals surface area (Å²) in [6.45, 7) is 9.37. The van der Waals surface area contributed by atoms with Gasteiger partial charge < -0.3 is 14.5 Å². The number of thiocarbonyl (C=S) groups is 1. The minimum Gasteiger partial charge on any atom is -0.444 e. The van der Waals surface area contributed by atoms with E-state index in [1.807, 2.05) is 37.8 Å². The fraction of sp³-hybridized carbons (Fsp3) is 0.579. The Labute approximate surface area is 154 Å². The topological polar surface area (TPSA) is 45.1 Å². The molecule has 0 atom stereocenters. The highest BCUT2D eigenvalue weighted by Gasteiger charge is 2.47. The van der Waals surface area contributed by atoms with E-state index in [1.54, 1.807) is 0 Å². The van der Waals surface area contributed by atoms with Gasteiger partial charge in [-0.15, -0.1) is 0 Å². The number of amides is 1. The minimum atomic E-state index is -0.428. The van der Waals surface area contributed by atoms with Crippen LogP contribution in [0.15, 0.2) is 29.3 Å². The van der Waals surface area contributed by atoms with E-state index in [1.165, 1.54) is 5.69 Å². The van der Waals surface area contributed by atoms with Crippen molar-refractivity contribution < 1.29 is 9.53 Å². The Balaban J connectivity index is 1.51. The summed E-state index contributed by atoms with van der Waals surface area (Å²) in [6.07, 6.45) is 2.02. The van der Waals surface area contributed by atoms with Crippen molar-refractivity contribution in [1.29, 1.82) is 0 Å². The largest absolute Gasteiger partial charge is 0.444 e. The standard InChI is InChI=1S/C19H25N3O2S/c1-18(2,3)24-17(23)22-12-19(13-22)8-10-21(11-9-19)16-6-4-15(5-7-16)20-14-25/h4-7H,8-13H2,1-3H3. The Bertz CT molecular complexity index is 674. The smallest absolute Gasteiger partial charge is 0.410 e. The van der Waals surface area contributed by atoms with Gasteiger partial charge in [-0.1, -0.05) is 0 Å². The second kappa shape index (κ2) is 6.77. The van der Waals surface area contributed by atoms with Crippen LogP contribution in [-0.2, 0) is 4.74 Å². The molecule has 0 N–H and O–H groups in total. The summed E-state index contributed by atoms with van der Waals surface area (Å²) in [7, 11) is 0. The maximum atomic E-state index is 12.1. The number of rotatable bonds is 2. The molecular formula is C19H25N3O2S. The molecule has 134 valence electrons. The van der Waals surface area contributed by atoms with Gasteiger partial charge in [0.15, 0.2) is 0 Å². The lowest BCUT2D eigenvalue weighted by Gasteiger charge is -2.54. The molecule has 25 heavy (non-hydrogen) atoms. The quantitative estimate of drug-likeness (QED) is 0.585. The summed E-state index contributed by atoms with van der Waals surface area (Å²) in [6, 6.07) is 8.09. The first-order chi connectivity index (χ1) is 11.8. The molecule has 0 aliphatic carbocycles. The van der Waals surface area contributed by atoms with Gasteiger partial charge in [-0.25, -0.2) is 4.79 Å². The second-order valence-corrected chi connectivity index (χ2v) is 8.23. The third-order valence-electron chi connectivity index (χ3n) is 4.92. The first-order valence-corrected chi connectivity index (χ1v) is 9.12. The Morgan fingerprint density at radius 1 is 1.20 bits per heavy atom. The Kier molecular flexibility index (Phi) is 4.85. The Morgan fingerprint density at radius 3 is 2.32 bits per heavy atom. The van der Waals surface area contributed by atoms with Crippen molar-refractivity contribution in [2.24, 2.45) is 10.4 Å². The van der Waals surface area contributed by atoms with Crippen molar-refractivity contribution in [3.8, 4) is 0 Å². The molecule has 0 radical (unpaired) electrons. The Morgan fingerprint density at radius 2 is 1.80 bits per heavy atom. The van der Waals surface area contributed by atoms with Gasteiger partial charge in [0.2, 0.25) is 0 Å². The van der Waals surface area contributed by atoms with Crippen molar-refractivity contribution in [3.63, 3.8) is 0 Å². The van der Waals surface area contributed by atoms with Crippen LogP contribution in [0.1, 0.15) is 33.6 Å². The molecule has 0 aromatic heterocycles. The van der Waals surface area contributed by atoms with Crippen LogP contribution in [-0.4, -0.2) is 47.9 Å². The number of piperidine rings is 1. The molecule has 2 fully saturated rings. The van der Waals surface area contributed by atoms with E-state index in [0.29, 0.717) is 0 Å². The van der Waals surface area contributed by atoms with E-state index >= 15 is 0 Å². The molecule has 6 heteroatoms. The van der Waals surface area contributed by atoms with Crippen LogP contribution < -0.4 is 4.90 Å². The summed E-state index contributed by atoms with van der Waals surface area (Å²) in [5.41, 5.74) is 1.89. The highest BCUT2D eigenvalue weighted by molar-refractivity contribution is 7.78. The molecule has 0 unspecified atom stereocenters. The first kappa shape index (κ1) is 17.9. The van der Waals surface area contributed by atoms with Crippen molar-refractivity contribution in [2.45, 2.75) is 39.2 Å². The fourth-order valence-corrected chi connectivity index (χ4v) is 3.67. The van der Waals surface area contributed by atoms with Gasteiger partial charge in [0.25, 0.3) is 0 Å². The normalized spacial score (nSPS) is 19.2. The number of carbonyl (C=O) groups is 1. The zero-order chi connectivity index (χ0) is 18.1. The molecule has 5 nitrogen and oxygen atoms in total. The molecule has 2 heterocycles. The van der Waals surface area contributed by atoms with Crippen LogP contribution in [0.3, 0.4) is 0 Å². The van der Waals surface area contributed by atoms with E-state index < -0.39 is 5.60 Å². The lowest BCUT2D eigenvalue weighted by molar-refractivity contribution is -0.0434. The maximum Gasteiger partial charge on any atom is 0.410 e. The summed E-state index contributed by atoms with van der Waals surface area (Å²) in [5.74, 6) is 0. The molecule has 3 rings (SSSR count). The lowest BCUT2D eigenvalue weighted by Crippen LogP contribution is -2.62. The molecule has 2 aliphatic heterocycles. The van der Waals surface area contributed by atoms with Crippen molar-refractivity contribution in [3.05, 3.63) is 24.3 Å². The van der Waals surface area contributed by atoms with Crippen molar-refractivity contribution in [1.82, 2.24) is 4.90 Å². The predicted octanol–water partition coefficient (Wildman–Crippen LogP) is 4.26. The van der Waals surface area contributed by atoms with Crippen molar-refractivity contribution >= 4 is 34.8 Å². The molecule has 0 bridgehead atoms. The van der Waals surface area contributed by atoms with E-state index in [4.69, 9.17) is 4.74 Å².